The van der Waals surface area contributed by atoms with Crippen molar-refractivity contribution in [1.82, 2.24) is 14.8 Å². The molecule has 3 aromatic rings. The standard InChI is InChI=1S/C19H23N5OS/c1-14-11-19(23-24(14)2)22-18-13-16(26-15-7-4-3-5-8-15)12-17(21-18)20-9-6-10-25/h3-5,7-8,11-13,25H,6,9-10H2,1-2H3,(H2,20,21,22,23). The second-order valence-electron chi connectivity index (χ2n) is 5.91. The van der Waals surface area contributed by atoms with Crippen LogP contribution in [0, 0.1) is 6.92 Å². The van der Waals surface area contributed by atoms with Crippen molar-refractivity contribution < 1.29 is 5.11 Å². The number of hydrogen-bond donors (Lipinski definition) is 3. The molecule has 0 radical (unpaired) electrons. The van der Waals surface area contributed by atoms with Crippen LogP contribution in [0.2, 0.25) is 0 Å². The third-order valence-electron chi connectivity index (χ3n) is 3.79. The fraction of sp³-hybridized carbons (Fsp3) is 0.263. The maximum Gasteiger partial charge on any atom is 0.153 e. The zero-order valence-electron chi connectivity index (χ0n) is 14.9. The van der Waals surface area contributed by atoms with Gasteiger partial charge in [-0.05, 0) is 37.6 Å². The van der Waals surface area contributed by atoms with Crippen molar-refractivity contribution in [2.24, 2.45) is 7.05 Å². The van der Waals surface area contributed by atoms with Gasteiger partial charge in [0.2, 0.25) is 0 Å². The lowest BCUT2D eigenvalue weighted by atomic mass is 10.4. The molecule has 136 valence electrons. The third kappa shape index (κ3) is 5.00. The number of nitrogens with one attached hydrogen (secondary N) is 2. The molecule has 26 heavy (non-hydrogen) atoms. The molecule has 6 nitrogen and oxygen atoms in total. The Hall–Kier alpha value is -2.51. The molecule has 3 rings (SSSR count). The second kappa shape index (κ2) is 8.73. The third-order valence-corrected chi connectivity index (χ3v) is 4.77. The number of aryl methyl sites for hydroxylation is 2. The van der Waals surface area contributed by atoms with E-state index in [0.29, 0.717) is 13.0 Å². The van der Waals surface area contributed by atoms with Gasteiger partial charge in [0.25, 0.3) is 0 Å². The Morgan fingerprint density at radius 2 is 1.81 bits per heavy atom. The molecule has 7 heteroatoms. The maximum absolute atomic E-state index is 8.98. The summed E-state index contributed by atoms with van der Waals surface area (Å²) in [5.74, 6) is 2.27. The summed E-state index contributed by atoms with van der Waals surface area (Å²) >= 11 is 1.68. The molecule has 0 saturated carbocycles. The van der Waals surface area contributed by atoms with Crippen LogP contribution in [0.3, 0.4) is 0 Å². The molecule has 3 N–H and O–H groups in total. The number of aliphatic hydroxyl groups is 1. The number of benzene rings is 1. The van der Waals surface area contributed by atoms with Crippen molar-refractivity contribution >= 4 is 29.2 Å². The van der Waals surface area contributed by atoms with Gasteiger partial charge >= 0.3 is 0 Å². The second-order valence-corrected chi connectivity index (χ2v) is 7.06. The van der Waals surface area contributed by atoms with Gasteiger partial charge in [0, 0.05) is 41.8 Å². The first-order valence-corrected chi connectivity index (χ1v) is 9.33. The van der Waals surface area contributed by atoms with E-state index in [-0.39, 0.29) is 6.61 Å². The minimum Gasteiger partial charge on any atom is -0.396 e. The molecule has 0 aliphatic heterocycles. The van der Waals surface area contributed by atoms with Crippen molar-refractivity contribution in [1.29, 1.82) is 0 Å². The van der Waals surface area contributed by atoms with E-state index < -0.39 is 0 Å². The summed E-state index contributed by atoms with van der Waals surface area (Å²) in [5, 5.41) is 20.0. The number of rotatable bonds is 8. The number of aromatic nitrogens is 3. The molecular weight excluding hydrogens is 346 g/mol. The zero-order valence-corrected chi connectivity index (χ0v) is 15.8. The topological polar surface area (TPSA) is 75.0 Å². The first-order chi connectivity index (χ1) is 12.6. The normalized spacial score (nSPS) is 10.7. The van der Waals surface area contributed by atoms with Gasteiger partial charge in [-0.15, -0.1) is 0 Å². The summed E-state index contributed by atoms with van der Waals surface area (Å²) < 4.78 is 1.82. The van der Waals surface area contributed by atoms with Gasteiger partial charge in [-0.25, -0.2) is 4.98 Å². The lowest BCUT2D eigenvalue weighted by molar-refractivity contribution is 0.292. The molecule has 0 aliphatic rings. The Kier molecular flexibility index (Phi) is 6.14. The fourth-order valence-corrected chi connectivity index (χ4v) is 3.30. The predicted molar refractivity (Wildman–Crippen MR) is 106 cm³/mol. The largest absolute Gasteiger partial charge is 0.396 e. The Morgan fingerprint density at radius 3 is 2.50 bits per heavy atom. The van der Waals surface area contributed by atoms with E-state index in [1.54, 1.807) is 11.8 Å². The molecule has 0 fully saturated rings. The van der Waals surface area contributed by atoms with E-state index in [0.717, 1.165) is 28.0 Å². The van der Waals surface area contributed by atoms with Crippen molar-refractivity contribution in [2.45, 2.75) is 23.1 Å². The lowest BCUT2D eigenvalue weighted by Gasteiger charge is -2.11. The predicted octanol–water partition coefficient (Wildman–Crippen LogP) is 3.81. The quantitative estimate of drug-likeness (QED) is 0.524. The van der Waals surface area contributed by atoms with Crippen LogP contribution in [-0.4, -0.2) is 33.0 Å². The molecule has 0 aliphatic carbocycles. The number of aliphatic hydroxyl groups excluding tert-OH is 1. The Labute approximate surface area is 157 Å². The van der Waals surface area contributed by atoms with Crippen LogP contribution >= 0.6 is 11.8 Å². The van der Waals surface area contributed by atoms with E-state index in [1.807, 2.05) is 55.1 Å². The molecule has 0 bridgehead atoms. The molecule has 0 amide bonds. The van der Waals surface area contributed by atoms with Crippen molar-refractivity contribution in [2.75, 3.05) is 23.8 Å². The van der Waals surface area contributed by atoms with Crippen LogP contribution in [0.4, 0.5) is 17.5 Å². The summed E-state index contributed by atoms with van der Waals surface area (Å²) in [6.45, 7) is 2.84. The van der Waals surface area contributed by atoms with Crippen molar-refractivity contribution in [3.63, 3.8) is 0 Å². The maximum atomic E-state index is 8.98. The van der Waals surface area contributed by atoms with Crippen LogP contribution in [0.15, 0.2) is 58.3 Å². The smallest absolute Gasteiger partial charge is 0.153 e. The van der Waals surface area contributed by atoms with Crippen LogP contribution in [0.1, 0.15) is 12.1 Å². The molecule has 0 unspecified atom stereocenters. The summed E-state index contributed by atoms with van der Waals surface area (Å²) in [6.07, 6.45) is 0.680. The summed E-state index contributed by atoms with van der Waals surface area (Å²) in [5.41, 5.74) is 1.07. The molecule has 0 spiro atoms. The van der Waals surface area contributed by atoms with E-state index in [9.17, 15) is 0 Å². The van der Waals surface area contributed by atoms with E-state index >= 15 is 0 Å². The summed E-state index contributed by atoms with van der Waals surface area (Å²) in [4.78, 5) is 6.86. The van der Waals surface area contributed by atoms with Gasteiger partial charge in [0.15, 0.2) is 5.82 Å². The highest BCUT2D eigenvalue weighted by Gasteiger charge is 2.07. The van der Waals surface area contributed by atoms with E-state index in [2.05, 4.69) is 32.8 Å². The van der Waals surface area contributed by atoms with Gasteiger partial charge in [-0.3, -0.25) is 4.68 Å². The Balaban J connectivity index is 1.83. The Bertz CT molecular complexity index is 831. The fourth-order valence-electron chi connectivity index (χ4n) is 2.39. The zero-order chi connectivity index (χ0) is 18.4. The number of anilines is 3. The van der Waals surface area contributed by atoms with Crippen LogP contribution in [-0.2, 0) is 7.05 Å². The van der Waals surface area contributed by atoms with E-state index in [4.69, 9.17) is 5.11 Å². The monoisotopic (exact) mass is 369 g/mol. The SMILES string of the molecule is Cc1cc(Nc2cc(Sc3ccccc3)cc(NCCCO)n2)nn1C. The summed E-state index contributed by atoms with van der Waals surface area (Å²) in [7, 11) is 1.91. The molecule has 2 aromatic heterocycles. The van der Waals surface area contributed by atoms with Crippen molar-refractivity contribution in [3.05, 3.63) is 54.2 Å². The summed E-state index contributed by atoms with van der Waals surface area (Å²) in [6, 6.07) is 16.2. The number of pyridine rings is 1. The van der Waals surface area contributed by atoms with Gasteiger partial charge in [0.05, 0.1) is 0 Å². The molecule has 0 atom stereocenters. The molecule has 2 heterocycles. The highest BCUT2D eigenvalue weighted by atomic mass is 32.2. The van der Waals surface area contributed by atoms with Gasteiger partial charge in [0.1, 0.15) is 11.6 Å². The van der Waals surface area contributed by atoms with Gasteiger partial charge in [-0.1, -0.05) is 30.0 Å². The average Bonchev–Trinajstić information content (AvgIpc) is 2.93. The molecular formula is C19H23N5OS. The van der Waals surface area contributed by atoms with Crippen molar-refractivity contribution in [3.8, 4) is 0 Å². The lowest BCUT2D eigenvalue weighted by Crippen LogP contribution is -2.06. The van der Waals surface area contributed by atoms with Crippen LogP contribution in [0.25, 0.3) is 0 Å². The first-order valence-electron chi connectivity index (χ1n) is 8.51. The molecule has 1 aromatic carbocycles. The number of hydrogen-bond acceptors (Lipinski definition) is 6. The van der Waals surface area contributed by atoms with E-state index in [1.165, 1.54) is 4.90 Å². The number of nitrogens with zero attached hydrogens (tertiary/aromatic N) is 3. The first kappa shape index (κ1) is 18.3. The molecule has 0 saturated heterocycles. The van der Waals surface area contributed by atoms with Gasteiger partial charge < -0.3 is 15.7 Å². The highest BCUT2D eigenvalue weighted by Crippen LogP contribution is 2.31. The minimum absolute atomic E-state index is 0.157. The minimum atomic E-state index is 0.157. The average molecular weight is 369 g/mol. The Morgan fingerprint density at radius 1 is 1.04 bits per heavy atom. The highest BCUT2D eigenvalue weighted by molar-refractivity contribution is 7.99. The van der Waals surface area contributed by atoms with Crippen LogP contribution < -0.4 is 10.6 Å². The van der Waals surface area contributed by atoms with Gasteiger partial charge in [-0.2, -0.15) is 5.10 Å². The van der Waals surface area contributed by atoms with Crippen LogP contribution in [0.5, 0.6) is 0 Å².